The molecule has 0 aliphatic carbocycles. The molecule has 0 fully saturated rings. The summed E-state index contributed by atoms with van der Waals surface area (Å²) in [6.07, 6.45) is 0. The van der Waals surface area contributed by atoms with E-state index in [2.05, 4.69) is 10.1 Å². The lowest BCUT2D eigenvalue weighted by Gasteiger charge is -2.00. The number of fused-ring (bicyclic) bond motifs is 1. The number of nitrogens with zero attached hydrogens (tertiary/aromatic N) is 3. The second-order valence-corrected chi connectivity index (χ2v) is 2.63. The summed E-state index contributed by atoms with van der Waals surface area (Å²) in [6.45, 7) is 1.93. The molecule has 0 spiro atoms. The molecule has 4 nitrogen and oxygen atoms in total. The lowest BCUT2D eigenvalue weighted by molar-refractivity contribution is 0.901. The summed E-state index contributed by atoms with van der Waals surface area (Å²) in [7, 11) is 5.43. The van der Waals surface area contributed by atoms with E-state index in [1.165, 1.54) is 0 Å². The van der Waals surface area contributed by atoms with Gasteiger partial charge in [0.1, 0.15) is 5.52 Å². The predicted octanol–water partition coefficient (Wildman–Crippen LogP) is -0.586. The van der Waals surface area contributed by atoms with Crippen LogP contribution in [-0.4, -0.2) is 22.4 Å². The topological polar surface area (TPSA) is 56.2 Å². The summed E-state index contributed by atoms with van der Waals surface area (Å²) >= 11 is 0. The summed E-state index contributed by atoms with van der Waals surface area (Å²) in [6, 6.07) is 3.78. The van der Waals surface area contributed by atoms with Crippen molar-refractivity contribution in [2.45, 2.75) is 6.92 Å². The maximum Gasteiger partial charge on any atom is 0.173 e. The molecule has 0 saturated carbocycles. The van der Waals surface area contributed by atoms with Crippen molar-refractivity contribution in [1.82, 2.24) is 14.6 Å². The van der Waals surface area contributed by atoms with E-state index < -0.39 is 0 Å². The van der Waals surface area contributed by atoms with E-state index in [1.54, 1.807) is 4.52 Å². The molecule has 2 heterocycles. The normalized spacial score (nSPS) is 10.8. The largest absolute Gasteiger partial charge is 0.382 e. The van der Waals surface area contributed by atoms with Crippen LogP contribution in [-0.2, 0) is 0 Å². The molecule has 0 saturated heterocycles. The number of aryl methyl sites for hydroxylation is 1. The van der Waals surface area contributed by atoms with Gasteiger partial charge in [-0.25, -0.2) is 9.50 Å². The zero-order valence-corrected chi connectivity index (χ0v) is 6.65. The molecule has 0 bridgehead atoms. The molecule has 0 atom stereocenters. The van der Waals surface area contributed by atoms with Crippen LogP contribution in [0.1, 0.15) is 5.69 Å². The van der Waals surface area contributed by atoms with Crippen LogP contribution in [0.4, 0.5) is 5.82 Å². The first-order valence-electron chi connectivity index (χ1n) is 3.56. The molecular weight excluding hydrogens is 151 g/mol. The van der Waals surface area contributed by atoms with Crippen LogP contribution in [0.15, 0.2) is 12.1 Å². The fraction of sp³-hybridized carbons (Fsp3) is 0.143. The van der Waals surface area contributed by atoms with Gasteiger partial charge in [0.25, 0.3) is 0 Å². The number of hydrogen-bond donors (Lipinski definition) is 1. The Hall–Kier alpha value is -1.52. The average molecular weight is 158 g/mol. The van der Waals surface area contributed by atoms with Crippen molar-refractivity contribution in [2.75, 3.05) is 5.73 Å². The molecule has 0 aliphatic heterocycles. The molecule has 2 rings (SSSR count). The highest BCUT2D eigenvalue weighted by Crippen LogP contribution is 2.10. The third-order valence-corrected chi connectivity index (χ3v) is 1.74. The second-order valence-electron chi connectivity index (χ2n) is 2.63. The third kappa shape index (κ3) is 0.862. The van der Waals surface area contributed by atoms with Gasteiger partial charge in [-0.3, -0.25) is 0 Å². The lowest BCUT2D eigenvalue weighted by Crippen LogP contribution is -2.19. The maximum atomic E-state index is 5.62. The first-order chi connectivity index (χ1) is 5.68. The zero-order chi connectivity index (χ0) is 8.72. The number of anilines is 1. The van der Waals surface area contributed by atoms with Crippen LogP contribution in [0.5, 0.6) is 0 Å². The fourth-order valence-electron chi connectivity index (χ4n) is 1.16. The van der Waals surface area contributed by atoms with Crippen molar-refractivity contribution in [3.63, 3.8) is 0 Å². The average Bonchev–Trinajstić information content (AvgIpc) is 2.33. The maximum absolute atomic E-state index is 5.62. The number of hydrogen-bond acceptors (Lipinski definition) is 3. The van der Waals surface area contributed by atoms with E-state index in [4.69, 9.17) is 13.6 Å². The number of aromatic nitrogens is 3. The second kappa shape index (κ2) is 2.23. The van der Waals surface area contributed by atoms with Gasteiger partial charge in [0.15, 0.2) is 13.7 Å². The van der Waals surface area contributed by atoms with Gasteiger partial charge in [-0.1, -0.05) is 0 Å². The van der Waals surface area contributed by atoms with Crippen molar-refractivity contribution in [1.29, 1.82) is 0 Å². The highest BCUT2D eigenvalue weighted by atomic mass is 15.3. The summed E-state index contributed by atoms with van der Waals surface area (Å²) in [4.78, 5) is 3.84. The molecule has 2 aromatic rings. The highest BCUT2D eigenvalue weighted by molar-refractivity contribution is 6.29. The van der Waals surface area contributed by atoms with Gasteiger partial charge >= 0.3 is 0 Å². The van der Waals surface area contributed by atoms with Crippen LogP contribution < -0.4 is 11.5 Å². The molecular formula is C7H7BN4. The monoisotopic (exact) mass is 158 g/mol. The van der Waals surface area contributed by atoms with Crippen molar-refractivity contribution in [3.8, 4) is 0 Å². The van der Waals surface area contributed by atoms with Crippen molar-refractivity contribution >= 4 is 24.9 Å². The van der Waals surface area contributed by atoms with Gasteiger partial charge in [0.2, 0.25) is 0 Å². The molecule has 0 aliphatic rings. The fourth-order valence-corrected chi connectivity index (χ4v) is 1.16. The van der Waals surface area contributed by atoms with Gasteiger partial charge in [0.05, 0.1) is 5.72 Å². The SMILES string of the molecule is [B]c1nc(N)c2ccc(C)n2n1. The van der Waals surface area contributed by atoms with Crippen molar-refractivity contribution < 1.29 is 0 Å². The molecule has 12 heavy (non-hydrogen) atoms. The summed E-state index contributed by atoms with van der Waals surface area (Å²) < 4.78 is 1.68. The Labute approximate surface area is 70.8 Å². The molecule has 5 heteroatoms. The Morgan fingerprint density at radius 1 is 1.50 bits per heavy atom. The quantitative estimate of drug-likeness (QED) is 0.521. The molecule has 58 valence electrons. The van der Waals surface area contributed by atoms with Gasteiger partial charge in [-0.15, -0.1) is 0 Å². The van der Waals surface area contributed by atoms with E-state index >= 15 is 0 Å². The van der Waals surface area contributed by atoms with Crippen LogP contribution in [0, 0.1) is 6.92 Å². The van der Waals surface area contributed by atoms with E-state index in [0.717, 1.165) is 11.2 Å². The van der Waals surface area contributed by atoms with E-state index in [9.17, 15) is 0 Å². The Bertz CT molecular complexity index is 434. The highest BCUT2D eigenvalue weighted by Gasteiger charge is 2.03. The van der Waals surface area contributed by atoms with E-state index in [1.807, 2.05) is 19.1 Å². The van der Waals surface area contributed by atoms with Crippen LogP contribution >= 0.6 is 0 Å². The van der Waals surface area contributed by atoms with Crippen molar-refractivity contribution in [3.05, 3.63) is 17.8 Å². The summed E-state index contributed by atoms with van der Waals surface area (Å²) in [5.41, 5.74) is 7.60. The van der Waals surface area contributed by atoms with Gasteiger partial charge in [-0.2, -0.15) is 5.10 Å². The smallest absolute Gasteiger partial charge is 0.173 e. The molecule has 2 aromatic heterocycles. The Kier molecular flexibility index (Phi) is 1.33. The molecule has 0 unspecified atom stereocenters. The standard InChI is InChI=1S/C7H7BN4/c1-4-2-3-5-6(9)10-7(8)11-12(4)5/h2-3H,1H3,(H2,9,10,11). The first kappa shape index (κ1) is 7.15. The van der Waals surface area contributed by atoms with Gasteiger partial charge in [0, 0.05) is 5.69 Å². The number of nitrogen functional groups attached to an aromatic ring is 1. The summed E-state index contributed by atoms with van der Waals surface area (Å²) in [5.74, 6) is 0.413. The number of rotatable bonds is 0. The minimum atomic E-state index is 0.194. The predicted molar refractivity (Wildman–Crippen MR) is 47.5 cm³/mol. The lowest BCUT2D eigenvalue weighted by atomic mass is 10.1. The van der Waals surface area contributed by atoms with E-state index in [-0.39, 0.29) is 5.72 Å². The van der Waals surface area contributed by atoms with Gasteiger partial charge < -0.3 is 5.73 Å². The molecule has 2 N–H and O–H groups in total. The minimum Gasteiger partial charge on any atom is -0.382 e. The Morgan fingerprint density at radius 3 is 3.00 bits per heavy atom. The minimum absolute atomic E-state index is 0.194. The van der Waals surface area contributed by atoms with Crippen molar-refractivity contribution in [2.24, 2.45) is 0 Å². The van der Waals surface area contributed by atoms with E-state index in [0.29, 0.717) is 5.82 Å². The number of nitrogens with two attached hydrogens (primary N) is 1. The molecule has 0 aromatic carbocycles. The molecule has 2 radical (unpaired) electrons. The zero-order valence-electron chi connectivity index (χ0n) is 6.65. The third-order valence-electron chi connectivity index (χ3n) is 1.74. The summed E-state index contributed by atoms with van der Waals surface area (Å²) in [5, 5.41) is 4.00. The molecule has 0 amide bonds. The van der Waals surface area contributed by atoms with Crippen LogP contribution in [0.2, 0.25) is 0 Å². The Morgan fingerprint density at radius 2 is 2.25 bits per heavy atom. The Balaban J connectivity index is 2.92. The van der Waals surface area contributed by atoms with Crippen LogP contribution in [0.25, 0.3) is 5.52 Å². The first-order valence-corrected chi connectivity index (χ1v) is 3.56. The van der Waals surface area contributed by atoms with Crippen LogP contribution in [0.3, 0.4) is 0 Å². The van der Waals surface area contributed by atoms with Gasteiger partial charge in [-0.05, 0) is 19.1 Å².